The van der Waals surface area contributed by atoms with E-state index in [0.717, 1.165) is 18.8 Å². The first-order valence-corrected chi connectivity index (χ1v) is 5.58. The fourth-order valence-corrected chi connectivity index (χ4v) is 1.74. The topological polar surface area (TPSA) is 71.2 Å². The van der Waals surface area contributed by atoms with E-state index < -0.39 is 0 Å². The minimum Gasteiger partial charge on any atom is -0.378 e. The lowest BCUT2D eigenvalue weighted by Gasteiger charge is -2.28. The van der Waals surface area contributed by atoms with Gasteiger partial charge >= 0.3 is 0 Å². The van der Waals surface area contributed by atoms with Crippen LogP contribution in [0, 0.1) is 11.3 Å². The zero-order valence-electron chi connectivity index (χ0n) is 9.50. The molecule has 0 aromatic carbocycles. The molecular weight excluding hydrogens is 220 g/mol. The molecule has 1 aliphatic rings. The molecule has 2 heterocycles. The van der Waals surface area contributed by atoms with Crippen LogP contribution in [0.2, 0.25) is 0 Å². The fraction of sp³-hybridized carbons (Fsp3) is 0.545. The second-order valence-electron chi connectivity index (χ2n) is 3.78. The van der Waals surface area contributed by atoms with E-state index in [-0.39, 0.29) is 5.56 Å². The monoisotopic (exact) mass is 234 g/mol. The number of nitriles is 1. The van der Waals surface area contributed by atoms with Crippen LogP contribution in [0.25, 0.3) is 0 Å². The molecule has 1 saturated heterocycles. The molecular formula is C11H14N4O2. The number of morpholine rings is 1. The third-order valence-corrected chi connectivity index (χ3v) is 2.67. The van der Waals surface area contributed by atoms with Crippen LogP contribution in [-0.2, 0) is 11.3 Å². The van der Waals surface area contributed by atoms with Crippen molar-refractivity contribution in [3.05, 3.63) is 22.6 Å². The Labute approximate surface area is 99.0 Å². The Kier molecular flexibility index (Phi) is 3.73. The zero-order chi connectivity index (χ0) is 12.1. The number of ether oxygens (including phenoxy) is 1. The molecule has 6 heteroatoms. The second kappa shape index (κ2) is 5.46. The summed E-state index contributed by atoms with van der Waals surface area (Å²) in [7, 11) is 0. The summed E-state index contributed by atoms with van der Waals surface area (Å²) in [4.78, 5) is 13.8. The highest BCUT2D eigenvalue weighted by Crippen LogP contribution is 2.11. The zero-order valence-corrected chi connectivity index (χ0v) is 9.50. The Morgan fingerprint density at radius 2 is 2.24 bits per heavy atom. The lowest BCUT2D eigenvalue weighted by atomic mass is 10.3. The minimum absolute atomic E-state index is 0.163. The van der Waals surface area contributed by atoms with Crippen LogP contribution in [0.3, 0.4) is 0 Å². The maximum Gasteiger partial charge on any atom is 0.268 e. The van der Waals surface area contributed by atoms with Crippen molar-refractivity contribution < 1.29 is 4.74 Å². The highest BCUT2D eigenvalue weighted by Gasteiger charge is 2.12. The van der Waals surface area contributed by atoms with E-state index in [1.54, 1.807) is 12.3 Å². The number of anilines is 1. The lowest BCUT2D eigenvalue weighted by molar-refractivity contribution is 0.122. The summed E-state index contributed by atoms with van der Waals surface area (Å²) in [6.07, 6.45) is 1.97. The van der Waals surface area contributed by atoms with Crippen LogP contribution in [0.15, 0.2) is 17.1 Å². The quantitative estimate of drug-likeness (QED) is 0.735. The van der Waals surface area contributed by atoms with Crippen molar-refractivity contribution in [2.75, 3.05) is 31.2 Å². The number of aromatic nitrogens is 2. The molecule has 0 atom stereocenters. The standard InChI is InChI=1S/C11H14N4O2/c12-2-1-3-15-11(16)8-10(9-13-15)14-4-6-17-7-5-14/h8-9H,1,3-7H2. The fourth-order valence-electron chi connectivity index (χ4n) is 1.74. The Balaban J connectivity index is 2.13. The van der Waals surface area contributed by atoms with Gasteiger partial charge in [-0.15, -0.1) is 0 Å². The van der Waals surface area contributed by atoms with E-state index in [9.17, 15) is 4.79 Å². The molecule has 90 valence electrons. The highest BCUT2D eigenvalue weighted by atomic mass is 16.5. The van der Waals surface area contributed by atoms with Crippen LogP contribution >= 0.6 is 0 Å². The summed E-state index contributed by atoms with van der Waals surface area (Å²) in [5, 5.41) is 12.5. The molecule has 0 aliphatic carbocycles. The SMILES string of the molecule is N#CCCn1ncc(N2CCOCC2)cc1=O. The molecule has 2 rings (SSSR count). The predicted molar refractivity (Wildman–Crippen MR) is 61.8 cm³/mol. The molecule has 0 radical (unpaired) electrons. The van der Waals surface area contributed by atoms with E-state index in [2.05, 4.69) is 10.00 Å². The summed E-state index contributed by atoms with van der Waals surface area (Å²) < 4.78 is 6.56. The highest BCUT2D eigenvalue weighted by molar-refractivity contribution is 5.43. The van der Waals surface area contributed by atoms with Gasteiger partial charge < -0.3 is 9.64 Å². The average Bonchev–Trinajstić information content (AvgIpc) is 2.38. The van der Waals surface area contributed by atoms with Crippen LogP contribution in [0.5, 0.6) is 0 Å². The van der Waals surface area contributed by atoms with Gasteiger partial charge in [0.1, 0.15) is 0 Å². The third-order valence-electron chi connectivity index (χ3n) is 2.67. The normalized spacial score (nSPS) is 15.6. The van der Waals surface area contributed by atoms with Crippen molar-refractivity contribution in [3.8, 4) is 6.07 Å². The van der Waals surface area contributed by atoms with Gasteiger partial charge in [-0.3, -0.25) is 4.79 Å². The lowest BCUT2D eigenvalue weighted by Crippen LogP contribution is -2.37. The average molecular weight is 234 g/mol. The van der Waals surface area contributed by atoms with E-state index in [1.165, 1.54) is 4.68 Å². The molecule has 1 aliphatic heterocycles. The third kappa shape index (κ3) is 2.82. The van der Waals surface area contributed by atoms with E-state index >= 15 is 0 Å². The van der Waals surface area contributed by atoms with Gasteiger partial charge in [-0.05, 0) is 0 Å². The Hall–Kier alpha value is -1.87. The Morgan fingerprint density at radius 3 is 2.88 bits per heavy atom. The molecule has 17 heavy (non-hydrogen) atoms. The van der Waals surface area contributed by atoms with Crippen LogP contribution < -0.4 is 10.5 Å². The molecule has 1 aromatic rings. The molecule has 0 spiro atoms. The largest absolute Gasteiger partial charge is 0.378 e. The smallest absolute Gasteiger partial charge is 0.268 e. The van der Waals surface area contributed by atoms with Gasteiger partial charge in [-0.25, -0.2) is 4.68 Å². The summed E-state index contributed by atoms with van der Waals surface area (Å²) >= 11 is 0. The summed E-state index contributed by atoms with van der Waals surface area (Å²) in [5.74, 6) is 0. The first kappa shape index (κ1) is 11.6. The predicted octanol–water partition coefficient (Wildman–Crippen LogP) is -0.00642. The van der Waals surface area contributed by atoms with Crippen LogP contribution in [0.1, 0.15) is 6.42 Å². The van der Waals surface area contributed by atoms with Gasteiger partial charge in [-0.2, -0.15) is 10.4 Å². The molecule has 0 unspecified atom stereocenters. The second-order valence-corrected chi connectivity index (χ2v) is 3.78. The van der Waals surface area contributed by atoms with Crippen molar-refractivity contribution in [2.45, 2.75) is 13.0 Å². The molecule has 1 aromatic heterocycles. The van der Waals surface area contributed by atoms with Gasteiger partial charge in [0, 0.05) is 19.2 Å². The van der Waals surface area contributed by atoms with Gasteiger partial charge in [0.25, 0.3) is 5.56 Å². The van der Waals surface area contributed by atoms with Crippen LogP contribution in [-0.4, -0.2) is 36.1 Å². The van der Waals surface area contributed by atoms with Gasteiger partial charge in [-0.1, -0.05) is 0 Å². The van der Waals surface area contributed by atoms with E-state index in [4.69, 9.17) is 10.00 Å². The molecule has 0 amide bonds. The minimum atomic E-state index is -0.163. The number of aryl methyl sites for hydroxylation is 1. The van der Waals surface area contributed by atoms with Crippen molar-refractivity contribution in [1.82, 2.24) is 9.78 Å². The van der Waals surface area contributed by atoms with E-state index in [0.29, 0.717) is 26.2 Å². The first-order valence-electron chi connectivity index (χ1n) is 5.58. The van der Waals surface area contributed by atoms with Crippen molar-refractivity contribution in [2.24, 2.45) is 0 Å². The molecule has 0 saturated carbocycles. The van der Waals surface area contributed by atoms with E-state index in [1.807, 2.05) is 6.07 Å². The van der Waals surface area contributed by atoms with Crippen molar-refractivity contribution >= 4 is 5.69 Å². The maximum absolute atomic E-state index is 11.7. The molecule has 6 nitrogen and oxygen atoms in total. The van der Waals surface area contributed by atoms with Crippen molar-refractivity contribution in [1.29, 1.82) is 5.26 Å². The van der Waals surface area contributed by atoms with Crippen LogP contribution in [0.4, 0.5) is 5.69 Å². The van der Waals surface area contributed by atoms with Crippen molar-refractivity contribution in [3.63, 3.8) is 0 Å². The molecule has 0 bridgehead atoms. The maximum atomic E-state index is 11.7. The summed E-state index contributed by atoms with van der Waals surface area (Å²) in [5.41, 5.74) is 0.663. The molecule has 1 fully saturated rings. The number of hydrogen-bond donors (Lipinski definition) is 0. The summed E-state index contributed by atoms with van der Waals surface area (Å²) in [6, 6.07) is 3.56. The number of nitrogens with zero attached hydrogens (tertiary/aromatic N) is 4. The Morgan fingerprint density at radius 1 is 1.47 bits per heavy atom. The molecule has 0 N–H and O–H groups in total. The summed E-state index contributed by atoms with van der Waals surface area (Å²) in [6.45, 7) is 3.26. The number of hydrogen-bond acceptors (Lipinski definition) is 5. The number of rotatable bonds is 3. The first-order chi connectivity index (χ1) is 8.31. The Bertz CT molecular complexity index is 471. The van der Waals surface area contributed by atoms with Gasteiger partial charge in [0.2, 0.25) is 0 Å². The van der Waals surface area contributed by atoms with Gasteiger partial charge in [0.15, 0.2) is 0 Å². The van der Waals surface area contributed by atoms with Gasteiger partial charge in [0.05, 0.1) is 44.1 Å².